The zero-order valence-electron chi connectivity index (χ0n) is 20.9. The molecule has 200 valence electrons. The molecule has 10 nitrogen and oxygen atoms in total. The van der Waals surface area contributed by atoms with Crippen LogP contribution in [0, 0.1) is 0 Å². The van der Waals surface area contributed by atoms with Gasteiger partial charge in [0.15, 0.2) is 17.0 Å². The molecule has 1 fully saturated rings. The molecule has 3 aromatic heterocycles. The molecule has 1 aliphatic rings. The van der Waals surface area contributed by atoms with Crippen molar-refractivity contribution < 1.29 is 15.3 Å². The number of aliphatic hydroxyl groups is 3. The van der Waals surface area contributed by atoms with Gasteiger partial charge in [0, 0.05) is 24.2 Å². The Morgan fingerprint density at radius 1 is 0.949 bits per heavy atom. The topological polar surface area (TPSA) is 134 Å². The molecule has 0 radical (unpaired) electrons. The maximum Gasteiger partial charge on any atom is 0.226 e. The molecule has 39 heavy (non-hydrogen) atoms. The molecule has 0 amide bonds. The molecule has 2 aromatic carbocycles. The van der Waals surface area contributed by atoms with Gasteiger partial charge in [-0.15, -0.1) is 0 Å². The molecule has 4 atom stereocenters. The Hall–Kier alpha value is -3.83. The Balaban J connectivity index is 1.30. The summed E-state index contributed by atoms with van der Waals surface area (Å²) in [6.07, 6.45) is 3.05. The molecule has 1 saturated carbocycles. The molecule has 0 aliphatic heterocycles. The highest BCUT2D eigenvalue weighted by Crippen LogP contribution is 2.40. The van der Waals surface area contributed by atoms with Crippen LogP contribution in [-0.4, -0.2) is 63.4 Å². The summed E-state index contributed by atoms with van der Waals surface area (Å²) >= 11 is 6.36. The van der Waals surface area contributed by atoms with E-state index in [0.29, 0.717) is 35.5 Å². The van der Waals surface area contributed by atoms with Crippen LogP contribution in [0.4, 0.5) is 5.82 Å². The van der Waals surface area contributed by atoms with Gasteiger partial charge in [-0.25, -0.2) is 4.98 Å². The predicted molar refractivity (Wildman–Crippen MR) is 146 cm³/mol. The molecular weight excluding hydrogens is 518 g/mol. The maximum atomic E-state index is 11.0. The number of hydrogen-bond acceptors (Lipinski definition) is 8. The number of nitrogens with one attached hydrogen (secondary N) is 1. The molecule has 4 N–H and O–H groups in total. The fraction of sp³-hybridized carbons (Fsp3) is 0.286. The first-order valence-electron chi connectivity index (χ1n) is 12.8. The largest absolute Gasteiger partial charge is 0.392 e. The molecule has 1 aliphatic carbocycles. The van der Waals surface area contributed by atoms with Gasteiger partial charge < -0.3 is 25.2 Å². The van der Waals surface area contributed by atoms with Crippen molar-refractivity contribution in [1.29, 1.82) is 0 Å². The van der Waals surface area contributed by atoms with Gasteiger partial charge in [-0.1, -0.05) is 60.7 Å². The zero-order valence-corrected chi connectivity index (χ0v) is 21.7. The summed E-state index contributed by atoms with van der Waals surface area (Å²) in [7, 11) is 0. The molecule has 1 unspecified atom stereocenters. The third-order valence-electron chi connectivity index (χ3n) is 7.43. The van der Waals surface area contributed by atoms with E-state index in [1.54, 1.807) is 28.0 Å². The Bertz CT molecular complexity index is 1520. The van der Waals surface area contributed by atoms with Gasteiger partial charge in [0.2, 0.25) is 5.28 Å². The van der Waals surface area contributed by atoms with Gasteiger partial charge in [-0.05, 0) is 29.1 Å². The molecular formula is C28H28ClN7O3. The summed E-state index contributed by atoms with van der Waals surface area (Å²) in [6.45, 7) is 0.393. The van der Waals surface area contributed by atoms with E-state index in [1.165, 1.54) is 0 Å². The number of rotatable bonds is 8. The van der Waals surface area contributed by atoms with Crippen LogP contribution in [0.5, 0.6) is 0 Å². The van der Waals surface area contributed by atoms with Crippen molar-refractivity contribution in [3.63, 3.8) is 0 Å². The van der Waals surface area contributed by atoms with Crippen LogP contribution in [0.15, 0.2) is 79.4 Å². The van der Waals surface area contributed by atoms with E-state index in [9.17, 15) is 15.3 Å². The lowest BCUT2D eigenvalue weighted by Crippen LogP contribution is -2.30. The minimum Gasteiger partial charge on any atom is -0.392 e. The minimum absolute atomic E-state index is 0.0481. The van der Waals surface area contributed by atoms with Crippen LogP contribution in [0.3, 0.4) is 0 Å². The van der Waals surface area contributed by atoms with Crippen molar-refractivity contribution in [3.05, 3.63) is 101 Å². The van der Waals surface area contributed by atoms with Crippen molar-refractivity contribution >= 4 is 28.6 Å². The summed E-state index contributed by atoms with van der Waals surface area (Å²) in [5.74, 6) is 0.550. The van der Waals surface area contributed by atoms with E-state index in [1.807, 2.05) is 36.4 Å². The van der Waals surface area contributed by atoms with E-state index in [-0.39, 0.29) is 17.8 Å². The van der Waals surface area contributed by atoms with Gasteiger partial charge in [0.25, 0.3) is 0 Å². The molecule has 0 bridgehead atoms. The standard InChI is InChI=1S/C28H28ClN7O3/c29-28-33-26(30-13-20(18-7-3-1-4-8-18)19-9-5-2-6-10-19)23-27(34-28)35(16-31-23)21-11-22(25(39)24(21)38)36-14-17(15-37)12-32-36/h1-10,12,14,16,20-22,24-25,37-39H,11,13,15H2,(H,30,33,34)/t21-,22?,24+,25-/m1/s1. The quantitative estimate of drug-likeness (QED) is 0.218. The van der Waals surface area contributed by atoms with Crippen molar-refractivity contribution in [2.24, 2.45) is 0 Å². The second kappa shape index (κ2) is 10.7. The van der Waals surface area contributed by atoms with Crippen LogP contribution >= 0.6 is 11.6 Å². The second-order valence-corrected chi connectivity index (χ2v) is 10.1. The average molecular weight is 546 g/mol. The van der Waals surface area contributed by atoms with E-state index >= 15 is 0 Å². The summed E-state index contributed by atoms with van der Waals surface area (Å²) in [5.41, 5.74) is 3.94. The van der Waals surface area contributed by atoms with E-state index in [2.05, 4.69) is 49.6 Å². The van der Waals surface area contributed by atoms with Crippen LogP contribution in [0.25, 0.3) is 11.2 Å². The monoisotopic (exact) mass is 545 g/mol. The number of halogens is 1. The number of hydrogen-bond donors (Lipinski definition) is 4. The fourth-order valence-electron chi connectivity index (χ4n) is 5.42. The average Bonchev–Trinajstić information content (AvgIpc) is 3.68. The molecule has 0 saturated heterocycles. The first-order chi connectivity index (χ1) is 19.0. The zero-order chi connectivity index (χ0) is 26.9. The lowest BCUT2D eigenvalue weighted by Gasteiger charge is -2.20. The highest BCUT2D eigenvalue weighted by molar-refractivity contribution is 6.28. The first-order valence-corrected chi connectivity index (χ1v) is 13.1. The minimum atomic E-state index is -1.08. The smallest absolute Gasteiger partial charge is 0.226 e. The van der Waals surface area contributed by atoms with Gasteiger partial charge in [0.1, 0.15) is 12.2 Å². The lowest BCUT2D eigenvalue weighted by molar-refractivity contribution is 0.00720. The molecule has 0 spiro atoms. The fourth-order valence-corrected chi connectivity index (χ4v) is 5.58. The Labute approximate surface area is 229 Å². The Kier molecular flexibility index (Phi) is 7.01. The summed E-state index contributed by atoms with van der Waals surface area (Å²) in [6, 6.07) is 19.5. The van der Waals surface area contributed by atoms with Crippen molar-refractivity contribution in [1.82, 2.24) is 29.3 Å². The van der Waals surface area contributed by atoms with Crippen LogP contribution in [0.1, 0.15) is 41.1 Å². The van der Waals surface area contributed by atoms with Crippen molar-refractivity contribution in [3.8, 4) is 0 Å². The second-order valence-electron chi connectivity index (χ2n) is 9.76. The molecule has 11 heteroatoms. The summed E-state index contributed by atoms with van der Waals surface area (Å²) in [5, 5.41) is 38.9. The maximum absolute atomic E-state index is 11.0. The number of imidazole rings is 1. The number of fused-ring (bicyclic) bond motifs is 1. The number of anilines is 1. The SMILES string of the molecule is OCc1cnn(C2C[C@@H](n3cnc4c(NCC(c5ccccc5)c5ccccc5)nc(Cl)nc43)[C@H](O)[C@@H]2O)c1. The number of nitrogens with zero attached hydrogens (tertiary/aromatic N) is 6. The normalized spacial score (nSPS) is 21.2. The van der Waals surface area contributed by atoms with Gasteiger partial charge in [0.05, 0.1) is 31.2 Å². The Morgan fingerprint density at radius 3 is 2.26 bits per heavy atom. The third-order valence-corrected chi connectivity index (χ3v) is 7.60. The van der Waals surface area contributed by atoms with Crippen LogP contribution < -0.4 is 5.32 Å². The van der Waals surface area contributed by atoms with Gasteiger partial charge >= 0.3 is 0 Å². The van der Waals surface area contributed by atoms with Gasteiger partial charge in [-0.3, -0.25) is 4.68 Å². The van der Waals surface area contributed by atoms with Crippen LogP contribution in [0.2, 0.25) is 5.28 Å². The lowest BCUT2D eigenvalue weighted by atomic mass is 9.91. The summed E-state index contributed by atoms with van der Waals surface area (Å²) < 4.78 is 3.32. The number of aromatic nitrogens is 6. The Morgan fingerprint density at radius 2 is 1.62 bits per heavy atom. The van der Waals surface area contributed by atoms with Crippen molar-refractivity contribution in [2.45, 2.75) is 43.2 Å². The summed E-state index contributed by atoms with van der Waals surface area (Å²) in [4.78, 5) is 13.4. The van der Waals surface area contributed by atoms with Gasteiger partial charge in [-0.2, -0.15) is 15.1 Å². The molecule has 6 rings (SSSR count). The number of benzene rings is 2. The number of aliphatic hydroxyl groups excluding tert-OH is 3. The highest BCUT2D eigenvalue weighted by atomic mass is 35.5. The highest BCUT2D eigenvalue weighted by Gasteiger charge is 2.44. The predicted octanol–water partition coefficient (Wildman–Crippen LogP) is 3.32. The third kappa shape index (κ3) is 4.87. The first kappa shape index (κ1) is 25.4. The molecule has 5 aromatic rings. The van der Waals surface area contributed by atoms with Crippen molar-refractivity contribution in [2.75, 3.05) is 11.9 Å². The van der Waals surface area contributed by atoms with E-state index in [0.717, 1.165) is 11.1 Å². The van der Waals surface area contributed by atoms with Crippen LogP contribution in [-0.2, 0) is 6.61 Å². The molecule has 3 heterocycles. The van der Waals surface area contributed by atoms with E-state index < -0.39 is 24.3 Å². The van der Waals surface area contributed by atoms with E-state index in [4.69, 9.17) is 11.6 Å².